The minimum Gasteiger partial charge on any atom is -0.327 e. The minimum atomic E-state index is -0.967. The summed E-state index contributed by atoms with van der Waals surface area (Å²) in [5.41, 5.74) is 0.853. The second kappa shape index (κ2) is 20.1. The lowest BCUT2D eigenvalue weighted by atomic mass is 9.91. The molecular weight excluding hydrogens is 446 g/mol. The maximum atomic E-state index is 13.5. The Kier molecular flexibility index (Phi) is 18.3. The second-order valence-electron chi connectivity index (χ2n) is 9.75. The first kappa shape index (κ1) is 32.0. The summed E-state index contributed by atoms with van der Waals surface area (Å²) in [7, 11) is 0. The number of halogens is 2. The molecule has 0 N–H and O–H groups in total. The first-order valence-corrected chi connectivity index (χ1v) is 14.4. The molecule has 0 saturated carbocycles. The van der Waals surface area contributed by atoms with Crippen molar-refractivity contribution < 1.29 is 23.0 Å². The van der Waals surface area contributed by atoms with Crippen LogP contribution in [0.15, 0.2) is 18.2 Å². The number of hydrogen-bond donors (Lipinski definition) is 0. The van der Waals surface area contributed by atoms with Crippen LogP contribution in [0.4, 0.5) is 8.78 Å². The average molecular weight is 499 g/mol. The molecule has 1 aromatic carbocycles. The molecule has 0 aromatic heterocycles. The average Bonchev–Trinajstić information content (AvgIpc) is 2.86. The van der Waals surface area contributed by atoms with Crippen LogP contribution in [-0.4, -0.2) is 25.8 Å². The largest absolute Gasteiger partial charge is 0.327 e. The van der Waals surface area contributed by atoms with E-state index in [4.69, 9.17) is 14.2 Å². The highest BCUT2D eigenvalue weighted by Gasteiger charge is 2.41. The van der Waals surface area contributed by atoms with E-state index in [1.165, 1.54) is 44.2 Å². The van der Waals surface area contributed by atoms with Crippen LogP contribution in [0.5, 0.6) is 0 Å². The molecule has 0 bridgehead atoms. The highest BCUT2D eigenvalue weighted by molar-refractivity contribution is 5.17. The molecule has 0 aliphatic heterocycles. The van der Waals surface area contributed by atoms with Crippen LogP contribution >= 0.6 is 0 Å². The molecular formula is C30H52F2O3. The molecule has 0 saturated heterocycles. The lowest BCUT2D eigenvalue weighted by Crippen LogP contribution is -2.47. The van der Waals surface area contributed by atoms with Crippen molar-refractivity contribution >= 4 is 0 Å². The minimum absolute atomic E-state index is 0.182. The highest BCUT2D eigenvalue weighted by atomic mass is 19.2. The molecule has 0 radical (unpaired) electrons. The number of aryl methyl sites for hydroxylation is 1. The molecule has 1 aromatic rings. The summed E-state index contributed by atoms with van der Waals surface area (Å²) in [6, 6.07) is 4.22. The van der Waals surface area contributed by atoms with E-state index in [-0.39, 0.29) is 5.92 Å². The molecule has 0 amide bonds. The summed E-state index contributed by atoms with van der Waals surface area (Å²) in [5, 5.41) is 0. The van der Waals surface area contributed by atoms with Crippen LogP contribution in [0, 0.1) is 17.6 Å². The van der Waals surface area contributed by atoms with Crippen LogP contribution in [0.2, 0.25) is 0 Å². The van der Waals surface area contributed by atoms with Crippen LogP contribution in [0.3, 0.4) is 0 Å². The molecule has 1 unspecified atom stereocenters. The van der Waals surface area contributed by atoms with Gasteiger partial charge in [0.25, 0.3) is 5.97 Å². The van der Waals surface area contributed by atoms with E-state index in [0.29, 0.717) is 19.8 Å². The SMILES string of the molecule is CCCCCCCCC(CCCCCc1ccc(F)c(F)c1)C(OCCC)(OCCC)OCCC. The molecule has 0 aliphatic rings. The van der Waals surface area contributed by atoms with Gasteiger partial charge in [0.15, 0.2) is 11.6 Å². The van der Waals surface area contributed by atoms with Gasteiger partial charge in [-0.25, -0.2) is 8.78 Å². The third kappa shape index (κ3) is 13.2. The van der Waals surface area contributed by atoms with Crippen LogP contribution in [0.1, 0.15) is 123 Å². The zero-order chi connectivity index (χ0) is 25.8. The van der Waals surface area contributed by atoms with Crippen LogP contribution in [-0.2, 0) is 20.6 Å². The van der Waals surface area contributed by atoms with Gasteiger partial charge in [-0.15, -0.1) is 0 Å². The zero-order valence-electron chi connectivity index (χ0n) is 23.0. The quantitative estimate of drug-likeness (QED) is 0.111. The number of ether oxygens (including phenoxy) is 3. The molecule has 1 atom stereocenters. The summed E-state index contributed by atoms with van der Waals surface area (Å²) >= 11 is 0. The summed E-state index contributed by atoms with van der Waals surface area (Å²) in [4.78, 5) is 0. The van der Waals surface area contributed by atoms with E-state index in [1.807, 2.05) is 0 Å². The number of rotatable bonds is 23. The van der Waals surface area contributed by atoms with E-state index >= 15 is 0 Å². The van der Waals surface area contributed by atoms with Gasteiger partial charge in [-0.1, -0.05) is 85.1 Å². The molecule has 3 nitrogen and oxygen atoms in total. The van der Waals surface area contributed by atoms with Crippen molar-refractivity contribution in [2.45, 2.75) is 130 Å². The predicted molar refractivity (Wildman–Crippen MR) is 141 cm³/mol. The van der Waals surface area contributed by atoms with Gasteiger partial charge >= 0.3 is 0 Å². The van der Waals surface area contributed by atoms with E-state index in [1.54, 1.807) is 6.07 Å². The fourth-order valence-electron chi connectivity index (χ4n) is 4.47. The van der Waals surface area contributed by atoms with Crippen molar-refractivity contribution in [3.63, 3.8) is 0 Å². The summed E-state index contributed by atoms with van der Waals surface area (Å²) < 4.78 is 45.8. The molecule has 0 spiro atoms. The summed E-state index contributed by atoms with van der Waals surface area (Å²) in [5.74, 6) is -2.33. The van der Waals surface area contributed by atoms with Gasteiger partial charge in [0.1, 0.15) is 0 Å². The molecule has 5 heteroatoms. The first-order valence-electron chi connectivity index (χ1n) is 14.4. The normalized spacial score (nSPS) is 12.9. The topological polar surface area (TPSA) is 27.7 Å². The maximum absolute atomic E-state index is 13.5. The van der Waals surface area contributed by atoms with Gasteiger partial charge in [-0.3, -0.25) is 0 Å². The number of benzene rings is 1. The Hall–Kier alpha value is -1.04. The predicted octanol–water partition coefficient (Wildman–Crippen LogP) is 9.37. The Labute approximate surface area is 214 Å². The molecule has 0 fully saturated rings. The molecule has 204 valence electrons. The Bertz CT molecular complexity index is 616. The van der Waals surface area contributed by atoms with Crippen molar-refractivity contribution in [3.05, 3.63) is 35.4 Å². The van der Waals surface area contributed by atoms with Crippen molar-refractivity contribution in [2.75, 3.05) is 19.8 Å². The Morgan fingerprint density at radius 3 is 1.66 bits per heavy atom. The van der Waals surface area contributed by atoms with Crippen molar-refractivity contribution in [1.82, 2.24) is 0 Å². The fraction of sp³-hybridized carbons (Fsp3) is 0.800. The van der Waals surface area contributed by atoms with Gasteiger partial charge in [0.2, 0.25) is 0 Å². The molecule has 0 aliphatic carbocycles. The summed E-state index contributed by atoms with van der Waals surface area (Å²) in [6.45, 7) is 10.5. The van der Waals surface area contributed by atoms with E-state index < -0.39 is 17.6 Å². The number of hydrogen-bond acceptors (Lipinski definition) is 3. The highest BCUT2D eigenvalue weighted by Crippen LogP contribution is 2.35. The zero-order valence-corrected chi connectivity index (χ0v) is 23.0. The second-order valence-corrected chi connectivity index (χ2v) is 9.75. The molecule has 1 rings (SSSR count). The fourth-order valence-corrected chi connectivity index (χ4v) is 4.47. The number of unbranched alkanes of at least 4 members (excludes halogenated alkanes) is 7. The maximum Gasteiger partial charge on any atom is 0.285 e. The van der Waals surface area contributed by atoms with Crippen molar-refractivity contribution in [1.29, 1.82) is 0 Å². The Balaban J connectivity index is 2.78. The van der Waals surface area contributed by atoms with E-state index in [0.717, 1.165) is 69.8 Å². The van der Waals surface area contributed by atoms with Crippen LogP contribution in [0.25, 0.3) is 0 Å². The van der Waals surface area contributed by atoms with Crippen molar-refractivity contribution in [3.8, 4) is 0 Å². The third-order valence-corrected chi connectivity index (χ3v) is 6.43. The Morgan fingerprint density at radius 2 is 1.14 bits per heavy atom. The van der Waals surface area contributed by atoms with Gasteiger partial charge in [0, 0.05) is 5.92 Å². The lowest BCUT2D eigenvalue weighted by Gasteiger charge is -2.40. The first-order chi connectivity index (χ1) is 17.0. The van der Waals surface area contributed by atoms with Crippen LogP contribution < -0.4 is 0 Å². The molecule has 0 heterocycles. The summed E-state index contributed by atoms with van der Waals surface area (Å²) in [6.07, 6.45) is 16.1. The molecule has 35 heavy (non-hydrogen) atoms. The van der Waals surface area contributed by atoms with Crippen molar-refractivity contribution in [2.24, 2.45) is 5.92 Å². The van der Waals surface area contributed by atoms with Gasteiger partial charge in [-0.05, 0) is 62.6 Å². The van der Waals surface area contributed by atoms with Gasteiger partial charge < -0.3 is 14.2 Å². The van der Waals surface area contributed by atoms with Gasteiger partial charge in [-0.2, -0.15) is 0 Å². The van der Waals surface area contributed by atoms with E-state index in [9.17, 15) is 8.78 Å². The third-order valence-electron chi connectivity index (χ3n) is 6.43. The smallest absolute Gasteiger partial charge is 0.285 e. The lowest BCUT2D eigenvalue weighted by molar-refractivity contribution is -0.406. The van der Waals surface area contributed by atoms with E-state index in [2.05, 4.69) is 27.7 Å². The monoisotopic (exact) mass is 498 g/mol. The standard InChI is InChI=1S/C30H52F2O3/c1-5-9-10-11-12-15-18-27(30(33-22-6-2,34-23-7-3)35-24-8-4)19-16-13-14-17-26-20-21-28(31)29(32)25-26/h20-21,25,27H,5-19,22-24H2,1-4H3. The Morgan fingerprint density at radius 1 is 0.629 bits per heavy atom. The van der Waals surface area contributed by atoms with Gasteiger partial charge in [0.05, 0.1) is 19.8 Å².